The number of rotatable bonds is 7. The number of hydrogen-bond donors (Lipinski definition) is 1. The highest BCUT2D eigenvalue weighted by Gasteiger charge is 2.42. The van der Waals surface area contributed by atoms with Crippen molar-refractivity contribution >= 4 is 16.0 Å². The summed E-state index contributed by atoms with van der Waals surface area (Å²) in [5.41, 5.74) is -0.869. The van der Waals surface area contributed by atoms with Crippen LogP contribution in [0.3, 0.4) is 0 Å². The van der Waals surface area contributed by atoms with Gasteiger partial charge in [-0.1, -0.05) is 6.92 Å². The van der Waals surface area contributed by atoms with Gasteiger partial charge in [0, 0.05) is 6.54 Å². The molecule has 1 fully saturated rings. The number of carbonyl (C=O) groups excluding carboxylic acids is 1. The normalized spacial score (nSPS) is 18.4. The Morgan fingerprint density at radius 1 is 1.39 bits per heavy atom. The molecule has 0 atom stereocenters. The van der Waals surface area contributed by atoms with Crippen LogP contribution in [0.15, 0.2) is 0 Å². The Morgan fingerprint density at radius 2 is 1.94 bits per heavy atom. The fraction of sp³-hybridized carbons (Fsp3) is 0.917. The van der Waals surface area contributed by atoms with Gasteiger partial charge in [-0.25, -0.2) is 13.1 Å². The molecule has 0 radical (unpaired) electrons. The van der Waals surface area contributed by atoms with Crippen LogP contribution >= 0.6 is 0 Å². The van der Waals surface area contributed by atoms with Gasteiger partial charge in [0.05, 0.1) is 18.3 Å². The lowest BCUT2D eigenvalue weighted by Crippen LogP contribution is -2.40. The number of esters is 1. The van der Waals surface area contributed by atoms with E-state index in [4.69, 9.17) is 0 Å². The van der Waals surface area contributed by atoms with Crippen LogP contribution in [-0.2, 0) is 19.6 Å². The summed E-state index contributed by atoms with van der Waals surface area (Å²) in [7, 11) is -2.18. The maximum Gasteiger partial charge on any atom is 0.312 e. The lowest BCUT2D eigenvalue weighted by Gasteiger charge is -2.22. The zero-order valence-corrected chi connectivity index (χ0v) is 12.4. The molecule has 0 spiro atoms. The third-order valence-corrected chi connectivity index (χ3v) is 5.35. The minimum Gasteiger partial charge on any atom is -0.469 e. The average molecular weight is 277 g/mol. The second-order valence-electron chi connectivity index (χ2n) is 5.81. The number of hydrogen-bond acceptors (Lipinski definition) is 4. The molecule has 1 rings (SSSR count). The molecule has 0 aromatic carbocycles. The van der Waals surface area contributed by atoms with Gasteiger partial charge in [-0.3, -0.25) is 4.79 Å². The Labute approximate surface area is 109 Å². The second-order valence-corrected chi connectivity index (χ2v) is 7.62. The van der Waals surface area contributed by atoms with E-state index in [2.05, 4.69) is 16.4 Å². The van der Waals surface area contributed by atoms with Crippen molar-refractivity contribution in [2.24, 2.45) is 10.8 Å². The molecule has 0 aromatic rings. The standard InChI is InChI=1S/C12H23NO4S/c1-5-12(6-7-12)8-13-18(15,16)9-11(2,3)10(14)17-4/h13H,5-9H2,1-4H3. The fourth-order valence-electron chi connectivity index (χ4n) is 1.96. The Kier molecular flexibility index (Phi) is 4.43. The first-order valence-corrected chi connectivity index (χ1v) is 7.87. The fourth-order valence-corrected chi connectivity index (χ4v) is 3.65. The highest BCUT2D eigenvalue weighted by Crippen LogP contribution is 2.48. The van der Waals surface area contributed by atoms with E-state index < -0.39 is 21.4 Å². The predicted octanol–water partition coefficient (Wildman–Crippen LogP) is 1.30. The summed E-state index contributed by atoms with van der Waals surface area (Å²) >= 11 is 0. The van der Waals surface area contributed by atoms with Gasteiger partial charge in [-0.05, 0) is 38.5 Å². The van der Waals surface area contributed by atoms with Gasteiger partial charge in [-0.2, -0.15) is 0 Å². The Balaban J connectivity index is 2.57. The molecule has 1 saturated carbocycles. The molecule has 18 heavy (non-hydrogen) atoms. The molecule has 0 heterocycles. The van der Waals surface area contributed by atoms with Crippen LogP contribution in [0.25, 0.3) is 0 Å². The molecular formula is C12H23NO4S. The molecule has 106 valence electrons. The summed E-state index contributed by atoms with van der Waals surface area (Å²) in [6, 6.07) is 0. The summed E-state index contributed by atoms with van der Waals surface area (Å²) in [4.78, 5) is 11.5. The van der Waals surface area contributed by atoms with E-state index in [9.17, 15) is 13.2 Å². The topological polar surface area (TPSA) is 72.5 Å². The smallest absolute Gasteiger partial charge is 0.312 e. The van der Waals surface area contributed by atoms with Crippen LogP contribution in [0.5, 0.6) is 0 Å². The molecule has 1 aliphatic carbocycles. The number of methoxy groups -OCH3 is 1. The lowest BCUT2D eigenvalue weighted by molar-refractivity contribution is -0.149. The van der Waals surface area contributed by atoms with Gasteiger partial charge in [0.15, 0.2) is 0 Å². The van der Waals surface area contributed by atoms with Gasteiger partial charge in [0.1, 0.15) is 0 Å². The van der Waals surface area contributed by atoms with E-state index >= 15 is 0 Å². The SMILES string of the molecule is CCC1(CNS(=O)(=O)CC(C)(C)C(=O)OC)CC1. The average Bonchev–Trinajstić information content (AvgIpc) is 3.05. The van der Waals surface area contributed by atoms with Crippen LogP contribution in [-0.4, -0.2) is 33.8 Å². The number of carbonyl (C=O) groups is 1. The van der Waals surface area contributed by atoms with Gasteiger partial charge in [0.2, 0.25) is 10.0 Å². The molecule has 0 saturated heterocycles. The van der Waals surface area contributed by atoms with Crippen LogP contribution in [0.4, 0.5) is 0 Å². The third kappa shape index (κ3) is 3.95. The first kappa shape index (κ1) is 15.4. The lowest BCUT2D eigenvalue weighted by atomic mass is 9.97. The van der Waals surface area contributed by atoms with Crippen LogP contribution in [0.2, 0.25) is 0 Å². The molecule has 1 N–H and O–H groups in total. The molecular weight excluding hydrogens is 254 g/mol. The summed E-state index contributed by atoms with van der Waals surface area (Å²) in [6.07, 6.45) is 3.13. The quantitative estimate of drug-likeness (QED) is 0.712. The minimum atomic E-state index is -3.45. The first-order chi connectivity index (χ1) is 8.16. The number of ether oxygens (including phenoxy) is 1. The maximum atomic E-state index is 11.9. The zero-order chi connectivity index (χ0) is 14.0. The minimum absolute atomic E-state index is 0.155. The van der Waals surface area contributed by atoms with Crippen molar-refractivity contribution in [3.63, 3.8) is 0 Å². The molecule has 1 aliphatic rings. The predicted molar refractivity (Wildman–Crippen MR) is 69.5 cm³/mol. The van der Waals surface area contributed by atoms with Gasteiger partial charge < -0.3 is 4.74 Å². The third-order valence-electron chi connectivity index (χ3n) is 3.66. The molecule has 0 amide bonds. The van der Waals surface area contributed by atoms with Crippen LogP contribution in [0, 0.1) is 10.8 Å². The van der Waals surface area contributed by atoms with Crippen molar-refractivity contribution in [3.8, 4) is 0 Å². The molecule has 6 heteroatoms. The van der Waals surface area contributed by atoms with E-state index in [0.29, 0.717) is 6.54 Å². The highest BCUT2D eigenvalue weighted by molar-refractivity contribution is 7.89. The summed E-state index contributed by atoms with van der Waals surface area (Å²) in [5.74, 6) is -0.753. The number of nitrogens with one attached hydrogen (secondary N) is 1. The molecule has 0 aliphatic heterocycles. The number of sulfonamides is 1. The van der Waals surface area contributed by atoms with E-state index in [1.54, 1.807) is 13.8 Å². The Bertz CT molecular complexity index is 410. The van der Waals surface area contributed by atoms with Crippen molar-refractivity contribution < 1.29 is 17.9 Å². The van der Waals surface area contributed by atoms with Crippen molar-refractivity contribution in [2.75, 3.05) is 19.4 Å². The highest BCUT2D eigenvalue weighted by atomic mass is 32.2. The summed E-state index contributed by atoms with van der Waals surface area (Å²) < 4.78 is 31.1. The maximum absolute atomic E-state index is 11.9. The summed E-state index contributed by atoms with van der Waals surface area (Å²) in [5, 5.41) is 0. The first-order valence-electron chi connectivity index (χ1n) is 6.22. The van der Waals surface area contributed by atoms with Gasteiger partial charge in [0.25, 0.3) is 0 Å². The van der Waals surface area contributed by atoms with Crippen LogP contribution in [0.1, 0.15) is 40.0 Å². The zero-order valence-electron chi connectivity index (χ0n) is 11.6. The van der Waals surface area contributed by atoms with Crippen molar-refractivity contribution in [1.82, 2.24) is 4.72 Å². The molecule has 0 aromatic heterocycles. The largest absolute Gasteiger partial charge is 0.469 e. The van der Waals surface area contributed by atoms with E-state index in [-0.39, 0.29) is 11.2 Å². The second kappa shape index (κ2) is 5.17. The van der Waals surface area contributed by atoms with Gasteiger partial charge >= 0.3 is 5.97 Å². The van der Waals surface area contributed by atoms with Crippen molar-refractivity contribution in [2.45, 2.75) is 40.0 Å². The Morgan fingerprint density at radius 3 is 2.33 bits per heavy atom. The van der Waals surface area contributed by atoms with E-state index in [0.717, 1.165) is 19.3 Å². The molecule has 0 unspecified atom stereocenters. The molecule has 5 nitrogen and oxygen atoms in total. The monoisotopic (exact) mass is 277 g/mol. The van der Waals surface area contributed by atoms with Crippen molar-refractivity contribution in [3.05, 3.63) is 0 Å². The van der Waals surface area contributed by atoms with Crippen LogP contribution < -0.4 is 4.72 Å². The van der Waals surface area contributed by atoms with E-state index in [1.165, 1.54) is 7.11 Å². The van der Waals surface area contributed by atoms with E-state index in [1.807, 2.05) is 0 Å². The van der Waals surface area contributed by atoms with Crippen molar-refractivity contribution in [1.29, 1.82) is 0 Å². The molecule has 0 bridgehead atoms. The summed E-state index contributed by atoms with van der Waals surface area (Å²) in [6.45, 7) is 5.69. The van der Waals surface area contributed by atoms with Gasteiger partial charge in [-0.15, -0.1) is 0 Å². The Hall–Kier alpha value is -0.620.